The van der Waals surface area contributed by atoms with Crippen LogP contribution in [0.4, 0.5) is 0 Å². The molecule has 0 atom stereocenters. The summed E-state index contributed by atoms with van der Waals surface area (Å²) in [4.78, 5) is 11.7. The first-order valence-electron chi connectivity index (χ1n) is 5.32. The Hall–Kier alpha value is -1.04. The third-order valence-corrected chi connectivity index (χ3v) is 2.86. The zero-order valence-electron chi connectivity index (χ0n) is 9.83. The summed E-state index contributed by atoms with van der Waals surface area (Å²) in [7, 11) is 1.84. The molecule has 0 radical (unpaired) electrons. The monoisotopic (exact) mass is 332 g/mol. The van der Waals surface area contributed by atoms with Gasteiger partial charge in [0.05, 0.1) is 0 Å². The van der Waals surface area contributed by atoms with Crippen LogP contribution in [-0.2, 0) is 0 Å². The quantitative estimate of drug-likeness (QED) is 0.846. The molecule has 0 saturated heterocycles. The van der Waals surface area contributed by atoms with E-state index < -0.39 is 0 Å². The van der Waals surface area contributed by atoms with E-state index >= 15 is 0 Å². The molecule has 0 spiro atoms. The topological polar surface area (TPSA) is 54.3 Å². The third kappa shape index (κ3) is 3.48. The first-order valence-corrected chi connectivity index (χ1v) is 6.12. The van der Waals surface area contributed by atoms with Crippen molar-refractivity contribution in [3.05, 3.63) is 34.5 Å². The van der Waals surface area contributed by atoms with Crippen molar-refractivity contribution in [3.63, 3.8) is 0 Å². The molecule has 0 unspecified atom stereocenters. The molecular formula is C12H14BrClN2O2. The standard InChI is InChI=1S/C12H13BrN2O2.ClH/c1-14-4-5-15-12(16)11-7-8-6-9(13)2-3-10(8)17-11;/h2-3,6-7,14H,4-5H2,1H3,(H,15,16);1H. The second kappa shape index (κ2) is 6.78. The van der Waals surface area contributed by atoms with Gasteiger partial charge in [0.1, 0.15) is 5.58 Å². The van der Waals surface area contributed by atoms with Crippen LogP contribution in [0.1, 0.15) is 10.6 Å². The predicted molar refractivity (Wildman–Crippen MR) is 77.4 cm³/mol. The van der Waals surface area contributed by atoms with Gasteiger partial charge in [-0.3, -0.25) is 4.79 Å². The highest BCUT2D eigenvalue weighted by atomic mass is 79.9. The molecule has 1 heterocycles. The Morgan fingerprint density at radius 2 is 2.11 bits per heavy atom. The lowest BCUT2D eigenvalue weighted by Crippen LogP contribution is -2.30. The Balaban J connectivity index is 0.00000162. The van der Waals surface area contributed by atoms with Crippen LogP contribution in [0.15, 0.2) is 33.2 Å². The highest BCUT2D eigenvalue weighted by Gasteiger charge is 2.11. The Kier molecular flexibility index (Phi) is 5.65. The fourth-order valence-electron chi connectivity index (χ4n) is 1.51. The van der Waals surface area contributed by atoms with Gasteiger partial charge in [-0.2, -0.15) is 0 Å². The van der Waals surface area contributed by atoms with E-state index in [2.05, 4.69) is 26.6 Å². The summed E-state index contributed by atoms with van der Waals surface area (Å²) in [6.45, 7) is 1.31. The molecule has 2 rings (SSSR count). The number of benzene rings is 1. The summed E-state index contributed by atoms with van der Waals surface area (Å²) >= 11 is 3.38. The molecule has 0 fully saturated rings. The van der Waals surface area contributed by atoms with Crippen molar-refractivity contribution in [3.8, 4) is 0 Å². The molecule has 4 nitrogen and oxygen atoms in total. The molecule has 0 bridgehead atoms. The lowest BCUT2D eigenvalue weighted by Gasteiger charge is -2.00. The Labute approximate surface area is 120 Å². The number of amides is 1. The molecule has 2 N–H and O–H groups in total. The van der Waals surface area contributed by atoms with E-state index in [9.17, 15) is 4.79 Å². The number of hydrogen-bond donors (Lipinski definition) is 2. The van der Waals surface area contributed by atoms with Gasteiger partial charge in [0, 0.05) is 22.9 Å². The molecule has 1 aromatic heterocycles. The largest absolute Gasteiger partial charge is 0.451 e. The fourth-order valence-corrected chi connectivity index (χ4v) is 1.89. The minimum atomic E-state index is -0.187. The molecule has 2 aromatic rings. The molecule has 1 aromatic carbocycles. The van der Waals surface area contributed by atoms with Crippen molar-refractivity contribution in [1.82, 2.24) is 10.6 Å². The number of nitrogens with one attached hydrogen (secondary N) is 2. The minimum Gasteiger partial charge on any atom is -0.451 e. The summed E-state index contributed by atoms with van der Waals surface area (Å²) in [5, 5.41) is 6.64. The van der Waals surface area contributed by atoms with E-state index in [0.717, 1.165) is 16.4 Å². The van der Waals surface area contributed by atoms with Crippen molar-refractivity contribution in [2.24, 2.45) is 0 Å². The van der Waals surface area contributed by atoms with Crippen LogP contribution in [0.2, 0.25) is 0 Å². The first-order chi connectivity index (χ1) is 8.20. The number of rotatable bonds is 4. The van der Waals surface area contributed by atoms with Gasteiger partial charge in [-0.1, -0.05) is 15.9 Å². The molecule has 0 saturated carbocycles. The lowest BCUT2D eigenvalue weighted by atomic mass is 10.2. The lowest BCUT2D eigenvalue weighted by molar-refractivity contribution is 0.0928. The van der Waals surface area contributed by atoms with Gasteiger partial charge in [0.25, 0.3) is 5.91 Å². The molecular weight excluding hydrogens is 320 g/mol. The van der Waals surface area contributed by atoms with Crippen LogP contribution in [0.5, 0.6) is 0 Å². The maximum atomic E-state index is 11.7. The van der Waals surface area contributed by atoms with Crippen LogP contribution in [-0.4, -0.2) is 26.0 Å². The van der Waals surface area contributed by atoms with Gasteiger partial charge >= 0.3 is 0 Å². The van der Waals surface area contributed by atoms with E-state index in [1.165, 1.54) is 0 Å². The van der Waals surface area contributed by atoms with Gasteiger partial charge in [0.2, 0.25) is 0 Å². The van der Waals surface area contributed by atoms with Gasteiger partial charge in [-0.05, 0) is 31.3 Å². The van der Waals surface area contributed by atoms with Crippen LogP contribution >= 0.6 is 28.3 Å². The van der Waals surface area contributed by atoms with Crippen molar-refractivity contribution >= 4 is 45.2 Å². The van der Waals surface area contributed by atoms with Gasteiger partial charge in [-0.25, -0.2) is 0 Å². The molecule has 6 heteroatoms. The number of halogens is 2. The van der Waals surface area contributed by atoms with Crippen LogP contribution in [0.25, 0.3) is 11.0 Å². The van der Waals surface area contributed by atoms with Crippen LogP contribution in [0.3, 0.4) is 0 Å². The Bertz CT molecular complexity index is 542. The third-order valence-electron chi connectivity index (χ3n) is 2.36. The zero-order valence-corrected chi connectivity index (χ0v) is 12.2. The van der Waals surface area contributed by atoms with Crippen molar-refractivity contribution in [2.75, 3.05) is 20.1 Å². The SMILES string of the molecule is CNCCNC(=O)c1cc2cc(Br)ccc2o1.Cl. The Morgan fingerprint density at radius 1 is 1.33 bits per heavy atom. The maximum absolute atomic E-state index is 11.7. The Morgan fingerprint density at radius 3 is 2.83 bits per heavy atom. The average molecular weight is 334 g/mol. The normalized spacial score (nSPS) is 10.1. The number of fused-ring (bicyclic) bond motifs is 1. The summed E-state index contributed by atoms with van der Waals surface area (Å²) in [5.41, 5.74) is 0.715. The number of hydrogen-bond acceptors (Lipinski definition) is 3. The van der Waals surface area contributed by atoms with E-state index in [1.807, 2.05) is 25.2 Å². The fraction of sp³-hybridized carbons (Fsp3) is 0.250. The van der Waals surface area contributed by atoms with E-state index in [0.29, 0.717) is 17.9 Å². The predicted octanol–water partition coefficient (Wildman–Crippen LogP) is 2.57. The van der Waals surface area contributed by atoms with Crippen LogP contribution < -0.4 is 10.6 Å². The van der Waals surface area contributed by atoms with Crippen molar-refractivity contribution < 1.29 is 9.21 Å². The summed E-state index contributed by atoms with van der Waals surface area (Å²) in [5.74, 6) is 0.154. The maximum Gasteiger partial charge on any atom is 0.287 e. The molecule has 18 heavy (non-hydrogen) atoms. The van der Waals surface area contributed by atoms with Crippen molar-refractivity contribution in [1.29, 1.82) is 0 Å². The minimum absolute atomic E-state index is 0. The smallest absolute Gasteiger partial charge is 0.287 e. The van der Waals surface area contributed by atoms with Gasteiger partial charge < -0.3 is 15.1 Å². The first kappa shape index (κ1) is 15.0. The molecule has 98 valence electrons. The average Bonchev–Trinajstić information content (AvgIpc) is 2.72. The number of furan rings is 1. The second-order valence-corrected chi connectivity index (χ2v) is 4.57. The summed E-state index contributed by atoms with van der Waals surface area (Å²) < 4.78 is 6.43. The number of likely N-dealkylation sites (N-methyl/N-ethyl adjacent to an activating group) is 1. The highest BCUT2D eigenvalue weighted by molar-refractivity contribution is 9.10. The zero-order chi connectivity index (χ0) is 12.3. The molecule has 0 aliphatic carbocycles. The summed E-state index contributed by atoms with van der Waals surface area (Å²) in [6, 6.07) is 7.39. The van der Waals surface area contributed by atoms with Crippen molar-refractivity contribution in [2.45, 2.75) is 0 Å². The van der Waals surface area contributed by atoms with Crippen LogP contribution in [0, 0.1) is 0 Å². The molecule has 0 aliphatic rings. The highest BCUT2D eigenvalue weighted by Crippen LogP contribution is 2.23. The van der Waals surface area contributed by atoms with E-state index in [1.54, 1.807) is 6.07 Å². The summed E-state index contributed by atoms with van der Waals surface area (Å²) in [6.07, 6.45) is 0. The van der Waals surface area contributed by atoms with E-state index in [-0.39, 0.29) is 18.3 Å². The number of carbonyl (C=O) groups is 1. The second-order valence-electron chi connectivity index (χ2n) is 3.65. The van der Waals surface area contributed by atoms with E-state index in [4.69, 9.17) is 4.42 Å². The van der Waals surface area contributed by atoms with Gasteiger partial charge in [0.15, 0.2) is 5.76 Å². The molecule has 1 amide bonds. The molecule has 0 aliphatic heterocycles. The number of carbonyl (C=O) groups excluding carboxylic acids is 1. The van der Waals surface area contributed by atoms with Gasteiger partial charge in [-0.15, -0.1) is 12.4 Å².